The normalized spacial score (nSPS) is 17.4. The van der Waals surface area contributed by atoms with Crippen LogP contribution in [0.5, 0.6) is 0 Å². The van der Waals surface area contributed by atoms with Gasteiger partial charge in [-0.05, 0) is 39.5 Å². The van der Waals surface area contributed by atoms with Crippen molar-refractivity contribution in [2.75, 3.05) is 6.54 Å². The maximum absolute atomic E-state index is 11.5. The predicted molar refractivity (Wildman–Crippen MR) is 66.2 cm³/mol. The first-order valence-corrected chi connectivity index (χ1v) is 6.11. The van der Waals surface area contributed by atoms with Crippen molar-refractivity contribution in [1.29, 1.82) is 0 Å². The van der Waals surface area contributed by atoms with Crippen molar-refractivity contribution >= 4 is 11.8 Å². The highest BCUT2D eigenvalue weighted by Gasteiger charge is 2.29. The summed E-state index contributed by atoms with van der Waals surface area (Å²) in [5, 5.41) is 5.37. The minimum absolute atomic E-state index is 0.0213. The van der Waals surface area contributed by atoms with Gasteiger partial charge in [0.05, 0.1) is 6.54 Å². The Morgan fingerprint density at radius 1 is 1.29 bits per heavy atom. The monoisotopic (exact) mass is 241 g/mol. The molecule has 0 aromatic rings. The zero-order chi connectivity index (χ0) is 13.1. The van der Waals surface area contributed by atoms with Crippen LogP contribution in [0.3, 0.4) is 0 Å². The Balaban J connectivity index is 2.16. The average molecular weight is 241 g/mol. The zero-order valence-corrected chi connectivity index (χ0v) is 10.9. The van der Waals surface area contributed by atoms with Gasteiger partial charge in [-0.2, -0.15) is 0 Å². The highest BCUT2D eigenvalue weighted by atomic mass is 16.2. The Morgan fingerprint density at radius 2 is 1.88 bits per heavy atom. The fourth-order valence-corrected chi connectivity index (χ4v) is 1.62. The molecule has 1 aliphatic carbocycles. The third-order valence-corrected chi connectivity index (χ3v) is 2.61. The van der Waals surface area contributed by atoms with Crippen LogP contribution in [0, 0.1) is 5.92 Å². The van der Waals surface area contributed by atoms with Crippen molar-refractivity contribution in [3.8, 4) is 0 Å². The summed E-state index contributed by atoms with van der Waals surface area (Å²) in [6.07, 6.45) is 2.56. The molecule has 17 heavy (non-hydrogen) atoms. The second-order valence-electron chi connectivity index (χ2n) is 5.78. The van der Waals surface area contributed by atoms with Crippen LogP contribution in [-0.4, -0.2) is 29.9 Å². The van der Waals surface area contributed by atoms with Gasteiger partial charge in [-0.1, -0.05) is 0 Å². The van der Waals surface area contributed by atoms with Gasteiger partial charge in [0, 0.05) is 18.0 Å². The van der Waals surface area contributed by atoms with E-state index in [-0.39, 0.29) is 29.9 Å². The second-order valence-corrected chi connectivity index (χ2v) is 5.78. The van der Waals surface area contributed by atoms with Gasteiger partial charge in [0.15, 0.2) is 0 Å². The molecule has 4 N–H and O–H groups in total. The highest BCUT2D eigenvalue weighted by molar-refractivity contribution is 5.85. The van der Waals surface area contributed by atoms with Gasteiger partial charge < -0.3 is 16.4 Å². The van der Waals surface area contributed by atoms with Crippen LogP contribution in [0.25, 0.3) is 0 Å². The quantitative estimate of drug-likeness (QED) is 0.640. The van der Waals surface area contributed by atoms with E-state index in [4.69, 9.17) is 5.73 Å². The number of amides is 2. The molecule has 1 rings (SSSR count). The maximum Gasteiger partial charge on any atom is 0.239 e. The maximum atomic E-state index is 11.5. The van der Waals surface area contributed by atoms with E-state index in [9.17, 15) is 9.59 Å². The van der Waals surface area contributed by atoms with Crippen LogP contribution in [-0.2, 0) is 9.59 Å². The van der Waals surface area contributed by atoms with Gasteiger partial charge in [0.1, 0.15) is 0 Å². The first-order valence-electron chi connectivity index (χ1n) is 6.11. The molecule has 5 heteroatoms. The topological polar surface area (TPSA) is 84.2 Å². The molecular formula is C12H23N3O2. The summed E-state index contributed by atoms with van der Waals surface area (Å²) in [7, 11) is 0. The minimum atomic E-state index is -0.272. The van der Waals surface area contributed by atoms with Crippen LogP contribution >= 0.6 is 0 Å². The molecule has 1 atom stereocenters. The summed E-state index contributed by atoms with van der Waals surface area (Å²) in [6, 6.07) is -0.0549. The zero-order valence-electron chi connectivity index (χ0n) is 10.9. The number of carbonyl (C=O) groups is 2. The molecular weight excluding hydrogens is 218 g/mol. The van der Waals surface area contributed by atoms with E-state index in [1.165, 1.54) is 0 Å². The predicted octanol–water partition coefficient (Wildman–Crippen LogP) is 0.145. The molecule has 0 aromatic carbocycles. The number of rotatable bonds is 5. The number of nitrogens with one attached hydrogen (secondary N) is 2. The van der Waals surface area contributed by atoms with E-state index in [0.717, 1.165) is 12.8 Å². The summed E-state index contributed by atoms with van der Waals surface area (Å²) in [4.78, 5) is 22.9. The van der Waals surface area contributed by atoms with Gasteiger partial charge in [-0.15, -0.1) is 0 Å². The standard InChI is InChI=1S/C12H23N3O2/c1-12(2,3)15-11(17)7-14-10(16)6-9(13)8-4-5-8/h8-9H,4-7,13H2,1-3H3,(H,14,16)(H,15,17). The minimum Gasteiger partial charge on any atom is -0.350 e. The highest BCUT2D eigenvalue weighted by Crippen LogP contribution is 2.32. The van der Waals surface area contributed by atoms with Gasteiger partial charge >= 0.3 is 0 Å². The van der Waals surface area contributed by atoms with E-state index >= 15 is 0 Å². The smallest absolute Gasteiger partial charge is 0.239 e. The van der Waals surface area contributed by atoms with E-state index in [1.807, 2.05) is 20.8 Å². The van der Waals surface area contributed by atoms with Crippen LogP contribution in [0.4, 0.5) is 0 Å². The molecule has 1 unspecified atom stereocenters. The van der Waals surface area contributed by atoms with Crippen LogP contribution in [0.2, 0.25) is 0 Å². The van der Waals surface area contributed by atoms with E-state index < -0.39 is 0 Å². The van der Waals surface area contributed by atoms with Gasteiger partial charge in [0.2, 0.25) is 11.8 Å². The van der Waals surface area contributed by atoms with Crippen LogP contribution in [0.1, 0.15) is 40.0 Å². The third-order valence-electron chi connectivity index (χ3n) is 2.61. The second kappa shape index (κ2) is 5.49. The van der Waals surface area contributed by atoms with Crippen molar-refractivity contribution in [1.82, 2.24) is 10.6 Å². The van der Waals surface area contributed by atoms with Crippen molar-refractivity contribution in [2.24, 2.45) is 11.7 Å². The molecule has 0 aromatic heterocycles. The molecule has 0 spiro atoms. The summed E-state index contributed by atoms with van der Waals surface area (Å²) < 4.78 is 0. The van der Waals surface area contributed by atoms with Crippen molar-refractivity contribution in [2.45, 2.75) is 51.6 Å². The fourth-order valence-electron chi connectivity index (χ4n) is 1.62. The Morgan fingerprint density at radius 3 is 2.35 bits per heavy atom. The van der Waals surface area contributed by atoms with Gasteiger partial charge in [-0.3, -0.25) is 9.59 Å². The Hall–Kier alpha value is -1.10. The first-order chi connectivity index (χ1) is 7.78. The molecule has 1 fully saturated rings. The summed E-state index contributed by atoms with van der Waals surface area (Å²) in [5.41, 5.74) is 5.56. The molecule has 0 radical (unpaired) electrons. The SMILES string of the molecule is CC(C)(C)NC(=O)CNC(=O)CC(N)C1CC1. The number of hydrogen-bond donors (Lipinski definition) is 3. The van der Waals surface area contributed by atoms with Crippen molar-refractivity contribution in [3.05, 3.63) is 0 Å². The van der Waals surface area contributed by atoms with Crippen molar-refractivity contribution in [3.63, 3.8) is 0 Å². The lowest BCUT2D eigenvalue weighted by Gasteiger charge is -2.20. The summed E-state index contributed by atoms with van der Waals surface area (Å²) in [6.45, 7) is 5.72. The van der Waals surface area contributed by atoms with Crippen molar-refractivity contribution < 1.29 is 9.59 Å². The summed E-state index contributed by atoms with van der Waals surface area (Å²) >= 11 is 0. The molecule has 0 heterocycles. The molecule has 2 amide bonds. The number of nitrogens with two attached hydrogens (primary N) is 1. The largest absolute Gasteiger partial charge is 0.350 e. The number of hydrogen-bond acceptors (Lipinski definition) is 3. The van der Waals surface area contributed by atoms with E-state index in [2.05, 4.69) is 10.6 Å². The molecule has 0 saturated heterocycles. The third kappa shape index (κ3) is 6.26. The van der Waals surface area contributed by atoms with E-state index in [1.54, 1.807) is 0 Å². The molecule has 0 aliphatic heterocycles. The molecule has 1 saturated carbocycles. The Labute approximate surface area is 103 Å². The number of carbonyl (C=O) groups excluding carboxylic acids is 2. The lowest BCUT2D eigenvalue weighted by atomic mass is 10.1. The molecule has 98 valence electrons. The van der Waals surface area contributed by atoms with E-state index in [0.29, 0.717) is 12.3 Å². The molecule has 0 bridgehead atoms. The Kier molecular flexibility index (Phi) is 4.51. The average Bonchev–Trinajstić information content (AvgIpc) is 2.94. The lowest BCUT2D eigenvalue weighted by molar-refractivity contribution is -0.127. The van der Waals surface area contributed by atoms with Crippen LogP contribution < -0.4 is 16.4 Å². The lowest BCUT2D eigenvalue weighted by Crippen LogP contribution is -2.46. The van der Waals surface area contributed by atoms with Crippen LogP contribution in [0.15, 0.2) is 0 Å². The van der Waals surface area contributed by atoms with Gasteiger partial charge in [-0.25, -0.2) is 0 Å². The fraction of sp³-hybridized carbons (Fsp3) is 0.833. The first kappa shape index (κ1) is 14.0. The Bertz CT molecular complexity index is 293. The van der Waals surface area contributed by atoms with Gasteiger partial charge in [0.25, 0.3) is 0 Å². The summed E-state index contributed by atoms with van der Waals surface area (Å²) in [5.74, 6) is 0.184. The molecule has 5 nitrogen and oxygen atoms in total. The molecule has 1 aliphatic rings.